The summed E-state index contributed by atoms with van der Waals surface area (Å²) in [5.41, 5.74) is 9.50. The van der Waals surface area contributed by atoms with Gasteiger partial charge < -0.3 is 73.9 Å². The van der Waals surface area contributed by atoms with Crippen molar-refractivity contribution in [3.63, 3.8) is 0 Å². The fourth-order valence-electron chi connectivity index (χ4n) is 12.8. The van der Waals surface area contributed by atoms with Gasteiger partial charge in [-0.2, -0.15) is 47.9 Å². The van der Waals surface area contributed by atoms with Crippen molar-refractivity contribution in [1.29, 1.82) is 0 Å². The summed E-state index contributed by atoms with van der Waals surface area (Å²) in [4.78, 5) is 107. The number of carboxylic acid groups (broad SMARTS) is 1. The molecule has 130 heavy (non-hydrogen) atoms. The van der Waals surface area contributed by atoms with Gasteiger partial charge in [-0.05, 0) is 111 Å². The highest BCUT2D eigenvalue weighted by Gasteiger charge is 2.48. The number of amides is 6. The van der Waals surface area contributed by atoms with E-state index in [0.717, 1.165) is 52.5 Å². The Morgan fingerprint density at radius 3 is 1.18 bits per heavy atom. The normalized spacial score (nSPS) is 18.7. The maximum Gasteiger partial charge on any atom is 0.492 e. The molecule has 10 rings (SSSR count). The molecule has 12 atom stereocenters. The van der Waals surface area contributed by atoms with Crippen LogP contribution in [0.5, 0.6) is 0 Å². The lowest BCUT2D eigenvalue weighted by molar-refractivity contribution is -0.192. The van der Waals surface area contributed by atoms with Gasteiger partial charge >= 0.3 is 64.8 Å². The number of aromatic nitrogens is 2. The van der Waals surface area contributed by atoms with E-state index in [1.807, 2.05) is 153 Å². The van der Waals surface area contributed by atoms with Crippen LogP contribution in [-0.2, 0) is 106 Å². The Balaban J connectivity index is 0.000000316. The number of halogens is 10. The molecule has 9 N–H and O–H groups in total. The van der Waals surface area contributed by atoms with Gasteiger partial charge in [-0.25, -0.2) is 42.4 Å². The number of hydrazine groups is 2. The number of fused-ring (bicyclic) bond motifs is 2. The van der Waals surface area contributed by atoms with E-state index >= 15 is 0 Å². The summed E-state index contributed by atoms with van der Waals surface area (Å²) in [6.07, 6.45) is -16.8. The van der Waals surface area contributed by atoms with E-state index in [2.05, 4.69) is 51.6 Å². The zero-order chi connectivity index (χ0) is 96.9. The third-order valence-electron chi connectivity index (χ3n) is 19.4. The lowest BCUT2D eigenvalue weighted by Gasteiger charge is -2.35. The smallest absolute Gasteiger partial charge is 0.475 e. The number of aliphatic carboxylic acids is 1. The summed E-state index contributed by atoms with van der Waals surface area (Å²) < 4.78 is 188. The minimum absolute atomic E-state index is 0.000360. The topological polar surface area (TPSA) is 444 Å². The van der Waals surface area contributed by atoms with Crippen LogP contribution in [0.2, 0.25) is 0 Å². The molecule has 0 aliphatic carbocycles. The molecular formula is C85H108ClF9N10O23S2. The van der Waals surface area contributed by atoms with Crippen LogP contribution < -0.4 is 32.1 Å². The number of carboxylic acids is 1. The number of nitrogens with zero attached hydrogens (tertiary/aromatic N) is 4. The highest BCUT2D eigenvalue weighted by molar-refractivity contribution is 8.13. The number of hydrogen-bond acceptors (Lipinski definition) is 26. The number of carbonyl (C=O) groups excluding carboxylic acids is 7. The van der Waals surface area contributed by atoms with Gasteiger partial charge in [0, 0.05) is 60.4 Å². The molecule has 4 aliphatic rings. The van der Waals surface area contributed by atoms with Crippen molar-refractivity contribution in [2.45, 2.75) is 200 Å². The molecular weight excluding hydrogens is 1800 g/mol. The van der Waals surface area contributed by atoms with Crippen LogP contribution in [0.4, 0.5) is 53.9 Å². The van der Waals surface area contributed by atoms with E-state index in [1.54, 1.807) is 56.4 Å². The molecule has 45 heteroatoms. The lowest BCUT2D eigenvalue weighted by atomic mass is 9.86. The van der Waals surface area contributed by atoms with Crippen LogP contribution in [0.15, 0.2) is 158 Å². The molecule has 33 nitrogen and oxygen atoms in total. The van der Waals surface area contributed by atoms with E-state index in [4.69, 9.17) is 43.1 Å². The van der Waals surface area contributed by atoms with E-state index in [9.17, 15) is 100 Å². The van der Waals surface area contributed by atoms with Crippen molar-refractivity contribution in [2.75, 3.05) is 51.0 Å². The zero-order valence-electron chi connectivity index (χ0n) is 72.7. The molecule has 0 bridgehead atoms. The van der Waals surface area contributed by atoms with Gasteiger partial charge in [-0.15, -0.1) is 0 Å². The number of nitrogens with one attached hydrogen (secondary N) is 6. The van der Waals surface area contributed by atoms with Gasteiger partial charge in [-0.1, -0.05) is 170 Å². The van der Waals surface area contributed by atoms with Gasteiger partial charge in [-0.3, -0.25) is 35.2 Å². The molecule has 0 radical (unpaired) electrons. The van der Waals surface area contributed by atoms with Crippen molar-refractivity contribution in [3.05, 3.63) is 180 Å². The number of pyridine rings is 2. The van der Waals surface area contributed by atoms with Crippen molar-refractivity contribution >= 4 is 77.8 Å². The van der Waals surface area contributed by atoms with Gasteiger partial charge in [0.1, 0.15) is 29.9 Å². The van der Waals surface area contributed by atoms with Crippen LogP contribution in [-0.4, -0.2) is 236 Å². The number of alkyl halides is 9. The summed E-state index contributed by atoms with van der Waals surface area (Å²) in [5, 5.41) is 43.8. The Morgan fingerprint density at radius 2 is 0.862 bits per heavy atom. The molecule has 718 valence electrons. The Hall–Kier alpha value is -10.4. The number of rotatable bonds is 29. The third-order valence-corrected chi connectivity index (χ3v) is 21.8. The van der Waals surface area contributed by atoms with Crippen molar-refractivity contribution in [1.82, 2.24) is 52.1 Å². The SMILES string of the molecule is CC(C)(C)C(NC(=O)C(F)(F)F)C(=O)NN(Cc1ccc(-c2ccccn2)cc1)C[C@H](O)[C@H](Cc1ccccc1)NC(=O)O[C@H]1CO[C@H]2OCC[C@H]21.CC(C)(C)OC(=O)N[C@H](C(=O)NN(Cc1ccc(-c2ccccn2)cc1)C[C@H](O)[C@H](Cc1ccccc1)NC(=O)O[C@H]1CO[C@H]2OCC[C@H]21)C(C)(C)C.CCS(=O)(=O)Cl.CCS(=O)(=O)OC(=O)C(F)(F)F.O=C(O)C(F)(F)F. The second-order valence-electron chi connectivity index (χ2n) is 33.1. The molecule has 0 spiro atoms. The average molecular weight is 1910 g/mol. The zero-order valence-corrected chi connectivity index (χ0v) is 75.1. The first kappa shape index (κ1) is 108. The fraction of sp³-hybridized carbons (Fsp3) is 0.506. The number of ether oxygens (including phenoxy) is 7. The lowest BCUT2D eigenvalue weighted by Crippen LogP contribution is -2.60. The average Bonchev–Trinajstić information content (AvgIpc) is 1.72. The van der Waals surface area contributed by atoms with Crippen molar-refractivity contribution in [2.24, 2.45) is 22.7 Å². The maximum atomic E-state index is 14.0. The summed E-state index contributed by atoms with van der Waals surface area (Å²) in [6, 6.07) is 40.5. The highest BCUT2D eigenvalue weighted by atomic mass is 35.7. The third kappa shape index (κ3) is 37.8. The largest absolute Gasteiger partial charge is 0.492 e. The molecule has 6 amide bonds. The Kier molecular flexibility index (Phi) is 40.5. The van der Waals surface area contributed by atoms with Crippen molar-refractivity contribution in [3.8, 4) is 22.5 Å². The van der Waals surface area contributed by atoms with E-state index in [0.29, 0.717) is 31.6 Å². The van der Waals surface area contributed by atoms with Gasteiger partial charge in [0.25, 0.3) is 11.8 Å². The Labute approximate surface area is 750 Å². The highest BCUT2D eigenvalue weighted by Crippen LogP contribution is 2.35. The summed E-state index contributed by atoms with van der Waals surface area (Å²) >= 11 is 0. The van der Waals surface area contributed by atoms with E-state index in [-0.39, 0.29) is 69.7 Å². The monoisotopic (exact) mass is 1910 g/mol. The fourth-order valence-corrected chi connectivity index (χ4v) is 13.2. The predicted molar refractivity (Wildman–Crippen MR) is 451 cm³/mol. The first-order valence-corrected chi connectivity index (χ1v) is 44.7. The van der Waals surface area contributed by atoms with Crippen LogP contribution >= 0.6 is 10.7 Å². The second kappa shape index (κ2) is 48.6. The molecule has 4 saturated heterocycles. The van der Waals surface area contributed by atoms with E-state index in [1.165, 1.54) is 32.7 Å². The number of benzene rings is 4. The molecule has 4 aromatic carbocycles. The molecule has 6 heterocycles. The maximum absolute atomic E-state index is 14.0. The Morgan fingerprint density at radius 1 is 0.492 bits per heavy atom. The van der Waals surface area contributed by atoms with Crippen LogP contribution in [0.25, 0.3) is 22.5 Å². The van der Waals surface area contributed by atoms with Crippen LogP contribution in [0.1, 0.15) is 111 Å². The minimum Gasteiger partial charge on any atom is -0.475 e. The number of aliphatic hydroxyl groups is 2. The second-order valence-corrected chi connectivity index (χ2v) is 38.0. The van der Waals surface area contributed by atoms with Crippen molar-refractivity contribution < 1.29 is 147 Å². The molecule has 0 saturated carbocycles. The van der Waals surface area contributed by atoms with Crippen LogP contribution in [0.3, 0.4) is 0 Å². The molecule has 4 fully saturated rings. The number of alkyl carbamates (subject to hydrolysis) is 3. The number of aliphatic hydroxyl groups excluding tert-OH is 2. The molecule has 1 unspecified atom stereocenters. The summed E-state index contributed by atoms with van der Waals surface area (Å²) in [7, 11) is -2.87. The summed E-state index contributed by atoms with van der Waals surface area (Å²) in [6.45, 7) is 19.1. The molecule has 6 aromatic rings. The van der Waals surface area contributed by atoms with E-state index < -0.39 is 163 Å². The van der Waals surface area contributed by atoms with Gasteiger partial charge in [0.2, 0.25) is 9.05 Å². The summed E-state index contributed by atoms with van der Waals surface area (Å²) in [5.74, 6) is -9.98. The van der Waals surface area contributed by atoms with Gasteiger partial charge in [0.05, 0.1) is 85.4 Å². The quantitative estimate of drug-likeness (QED) is 0.00692. The minimum atomic E-state index is -5.28. The predicted octanol–water partition coefficient (Wildman–Crippen LogP) is 10.8. The number of carbonyl (C=O) groups is 8. The number of hydrogen-bond donors (Lipinski definition) is 9. The first-order valence-electron chi connectivity index (χ1n) is 40.6. The molecule has 2 aromatic heterocycles. The Bertz CT molecular complexity index is 4860. The van der Waals surface area contributed by atoms with Crippen LogP contribution in [0, 0.1) is 22.7 Å². The molecule has 4 aliphatic heterocycles. The first-order chi connectivity index (χ1) is 60.5. The van der Waals surface area contributed by atoms with Gasteiger partial charge in [0.15, 0.2) is 12.6 Å². The standard InChI is InChI=1S/C40H53N5O8.C37H44F3N5O7.C4H5F3O4S.C2H5ClO2S.C2HF3O2/c1-39(2,3)34(43-38(49)53-40(4,5)6)35(47)44-45(23-27-15-17-28(18-16-27)30-14-10-11-20-41-30)24-32(46)31(22-26-12-8-7-9-13-26)42-37(48)52-33-25-51-36-29(33)19-21-50-36;1-36(2,3)31(43-34(48)37(38,39)40)32(47)44-45(20-24-12-14-25(15-13-24)27-11-7-8-17-41-27)21-29(46)28(19-23-9-5-4-6-10-23)42-35(49)52-30-22-51-33-26(30)16-18-50-33;1-2-12(9,10)11-3(8)4(5,6)7;1-2-6(3,4)5;3-2(4,5)1(6)7/h7-18,20,29,31-34,36,46H,19,21-25H2,1-6H3,(H,42,48)(H,43,49)(H,44,47);4-15,17,26,28-31,33,46H,16,18-22H2,1-3H3,(H,42,49)(H,43,48)(H,44,47);2H2,1H3;2H2,1H3;(H,6,7)/t29-,31-,32-,33-,34+,36+;26-,28-,29-,30-,31?,33+;;;/m00.../s1.